The highest BCUT2D eigenvalue weighted by atomic mass is 35.5. The maximum Gasteiger partial charge on any atom is 0.251 e. The molecule has 4 heteroatoms. The van der Waals surface area contributed by atoms with Gasteiger partial charge >= 0.3 is 0 Å². The van der Waals surface area contributed by atoms with Crippen molar-refractivity contribution in [2.45, 2.75) is 10.6 Å². The monoisotopic (exact) mass is 291 g/mol. The topological polar surface area (TPSA) is 29.1 Å². The molecule has 0 saturated carbocycles. The van der Waals surface area contributed by atoms with Gasteiger partial charge in [-0.05, 0) is 42.0 Å². The van der Waals surface area contributed by atoms with Crippen LogP contribution in [0.1, 0.15) is 15.9 Å². The molecule has 0 aliphatic rings. The smallest absolute Gasteiger partial charge is 0.251 e. The molecule has 2 aromatic rings. The minimum absolute atomic E-state index is 0.0571. The molecule has 0 saturated heterocycles. The lowest BCUT2D eigenvalue weighted by Gasteiger charge is -2.05. The molecule has 0 aromatic heterocycles. The predicted molar refractivity (Wildman–Crippen MR) is 80.8 cm³/mol. The van der Waals surface area contributed by atoms with Crippen molar-refractivity contribution < 1.29 is 4.79 Å². The summed E-state index contributed by atoms with van der Waals surface area (Å²) in [6.07, 6.45) is 0. The predicted octanol–water partition coefficient (Wildman–Crippen LogP) is 3.99. The molecule has 0 atom stereocenters. The summed E-state index contributed by atoms with van der Waals surface area (Å²) in [5, 5.41) is 3.37. The number of amides is 1. The molecule has 0 radical (unpaired) electrons. The van der Waals surface area contributed by atoms with Crippen LogP contribution >= 0.6 is 23.4 Å². The van der Waals surface area contributed by atoms with Crippen LogP contribution in [0, 0.1) is 0 Å². The van der Waals surface area contributed by atoms with Crippen LogP contribution in [-0.2, 0) is 5.75 Å². The zero-order chi connectivity index (χ0) is 13.7. The zero-order valence-corrected chi connectivity index (χ0v) is 12.1. The molecule has 0 aliphatic heterocycles. The van der Waals surface area contributed by atoms with Crippen LogP contribution in [0.2, 0.25) is 5.02 Å². The summed E-state index contributed by atoms with van der Waals surface area (Å²) in [6, 6.07) is 15.4. The quantitative estimate of drug-likeness (QED) is 0.863. The zero-order valence-electron chi connectivity index (χ0n) is 10.5. The maximum atomic E-state index is 11.5. The Labute approximate surface area is 122 Å². The van der Waals surface area contributed by atoms with Gasteiger partial charge in [0.05, 0.1) is 0 Å². The summed E-state index contributed by atoms with van der Waals surface area (Å²) in [6.45, 7) is 0. The largest absolute Gasteiger partial charge is 0.355 e. The van der Waals surface area contributed by atoms with E-state index in [1.54, 1.807) is 18.8 Å². The van der Waals surface area contributed by atoms with Crippen molar-refractivity contribution in [1.29, 1.82) is 0 Å². The fraction of sp³-hybridized carbons (Fsp3) is 0.133. The van der Waals surface area contributed by atoms with E-state index in [1.807, 2.05) is 48.5 Å². The SMILES string of the molecule is CNC(=O)c1cccc(CSc2ccc(Cl)cc2)c1. The first kappa shape index (κ1) is 14.0. The van der Waals surface area contributed by atoms with Gasteiger partial charge < -0.3 is 5.32 Å². The summed E-state index contributed by atoms with van der Waals surface area (Å²) in [5.41, 5.74) is 1.82. The first-order valence-corrected chi connectivity index (χ1v) is 7.25. The van der Waals surface area contributed by atoms with E-state index in [2.05, 4.69) is 5.32 Å². The lowest BCUT2D eigenvalue weighted by molar-refractivity contribution is 0.0963. The van der Waals surface area contributed by atoms with E-state index in [1.165, 1.54) is 0 Å². The molecule has 0 heterocycles. The van der Waals surface area contributed by atoms with E-state index >= 15 is 0 Å². The number of hydrogen-bond acceptors (Lipinski definition) is 2. The Bertz CT molecular complexity index is 569. The van der Waals surface area contributed by atoms with Gasteiger partial charge in [0, 0.05) is 28.3 Å². The lowest BCUT2D eigenvalue weighted by atomic mass is 10.1. The Morgan fingerprint density at radius 3 is 2.63 bits per heavy atom. The number of thioether (sulfide) groups is 1. The molecule has 2 rings (SSSR count). The van der Waals surface area contributed by atoms with Gasteiger partial charge in [0.2, 0.25) is 0 Å². The van der Waals surface area contributed by atoms with Crippen LogP contribution in [-0.4, -0.2) is 13.0 Å². The maximum absolute atomic E-state index is 11.5. The van der Waals surface area contributed by atoms with Crippen LogP contribution in [0.4, 0.5) is 0 Å². The summed E-state index contributed by atoms with van der Waals surface area (Å²) >= 11 is 7.57. The Morgan fingerprint density at radius 2 is 1.95 bits per heavy atom. The van der Waals surface area contributed by atoms with Crippen molar-refractivity contribution >= 4 is 29.3 Å². The van der Waals surface area contributed by atoms with Crippen molar-refractivity contribution in [2.75, 3.05) is 7.05 Å². The molecule has 0 aliphatic carbocycles. The summed E-state index contributed by atoms with van der Waals surface area (Å²) in [5.74, 6) is 0.769. The molecule has 1 amide bonds. The van der Waals surface area contributed by atoms with E-state index < -0.39 is 0 Å². The highest BCUT2D eigenvalue weighted by Gasteiger charge is 2.04. The fourth-order valence-electron chi connectivity index (χ4n) is 1.64. The standard InChI is InChI=1S/C15H14ClNOS/c1-17-15(18)12-4-2-3-11(9-12)10-19-14-7-5-13(16)6-8-14/h2-9H,10H2,1H3,(H,17,18). The van der Waals surface area contributed by atoms with Crippen LogP contribution in [0.15, 0.2) is 53.4 Å². The average Bonchev–Trinajstić information content (AvgIpc) is 2.46. The van der Waals surface area contributed by atoms with Crippen molar-refractivity contribution in [3.8, 4) is 0 Å². The van der Waals surface area contributed by atoms with Crippen molar-refractivity contribution in [1.82, 2.24) is 5.32 Å². The second-order valence-electron chi connectivity index (χ2n) is 4.02. The molecule has 0 unspecified atom stereocenters. The molecular formula is C15H14ClNOS. The third-order valence-electron chi connectivity index (χ3n) is 2.64. The minimum atomic E-state index is -0.0571. The van der Waals surface area contributed by atoms with Crippen molar-refractivity contribution in [2.24, 2.45) is 0 Å². The molecule has 2 aromatic carbocycles. The average molecular weight is 292 g/mol. The normalized spacial score (nSPS) is 10.2. The van der Waals surface area contributed by atoms with Crippen LogP contribution in [0.5, 0.6) is 0 Å². The number of rotatable bonds is 4. The Kier molecular flexibility index (Phi) is 4.88. The number of carbonyl (C=O) groups is 1. The molecular weight excluding hydrogens is 278 g/mol. The molecule has 0 bridgehead atoms. The molecule has 1 N–H and O–H groups in total. The second kappa shape index (κ2) is 6.64. The van der Waals surface area contributed by atoms with E-state index in [0.717, 1.165) is 21.2 Å². The van der Waals surface area contributed by atoms with Crippen LogP contribution in [0.3, 0.4) is 0 Å². The highest BCUT2D eigenvalue weighted by molar-refractivity contribution is 7.98. The first-order valence-electron chi connectivity index (χ1n) is 5.88. The molecule has 98 valence electrons. The van der Waals surface area contributed by atoms with Gasteiger partial charge in [0.15, 0.2) is 0 Å². The van der Waals surface area contributed by atoms with Crippen molar-refractivity contribution in [3.05, 3.63) is 64.7 Å². The van der Waals surface area contributed by atoms with E-state index in [4.69, 9.17) is 11.6 Å². The summed E-state index contributed by atoms with van der Waals surface area (Å²) in [7, 11) is 1.64. The molecule has 2 nitrogen and oxygen atoms in total. The summed E-state index contributed by atoms with van der Waals surface area (Å²) in [4.78, 5) is 12.7. The third-order valence-corrected chi connectivity index (χ3v) is 3.97. The molecule has 0 fully saturated rings. The van der Waals surface area contributed by atoms with Gasteiger partial charge in [-0.1, -0.05) is 23.7 Å². The first-order chi connectivity index (χ1) is 9.19. The number of halogens is 1. The Balaban J connectivity index is 2.03. The van der Waals surface area contributed by atoms with Gasteiger partial charge in [-0.3, -0.25) is 4.79 Å². The van der Waals surface area contributed by atoms with Gasteiger partial charge in [-0.2, -0.15) is 0 Å². The fourth-order valence-corrected chi connectivity index (χ4v) is 2.61. The Morgan fingerprint density at radius 1 is 1.21 bits per heavy atom. The number of nitrogens with one attached hydrogen (secondary N) is 1. The van der Waals surface area contributed by atoms with E-state index in [-0.39, 0.29) is 5.91 Å². The van der Waals surface area contributed by atoms with E-state index in [9.17, 15) is 4.79 Å². The number of carbonyl (C=O) groups excluding carboxylic acids is 1. The number of benzene rings is 2. The lowest BCUT2D eigenvalue weighted by Crippen LogP contribution is -2.17. The number of hydrogen-bond donors (Lipinski definition) is 1. The van der Waals surface area contributed by atoms with Gasteiger partial charge in [-0.15, -0.1) is 11.8 Å². The van der Waals surface area contributed by atoms with E-state index in [0.29, 0.717) is 5.56 Å². The van der Waals surface area contributed by atoms with Gasteiger partial charge in [0.1, 0.15) is 0 Å². The molecule has 0 spiro atoms. The second-order valence-corrected chi connectivity index (χ2v) is 5.51. The summed E-state index contributed by atoms with van der Waals surface area (Å²) < 4.78 is 0. The Hall–Kier alpha value is -1.45. The van der Waals surface area contributed by atoms with Crippen LogP contribution in [0.25, 0.3) is 0 Å². The van der Waals surface area contributed by atoms with Crippen LogP contribution < -0.4 is 5.32 Å². The highest BCUT2D eigenvalue weighted by Crippen LogP contribution is 2.24. The van der Waals surface area contributed by atoms with Crippen molar-refractivity contribution in [3.63, 3.8) is 0 Å². The van der Waals surface area contributed by atoms with Gasteiger partial charge in [0.25, 0.3) is 5.91 Å². The molecule has 19 heavy (non-hydrogen) atoms. The third kappa shape index (κ3) is 4.01. The minimum Gasteiger partial charge on any atom is -0.355 e. The van der Waals surface area contributed by atoms with Gasteiger partial charge in [-0.25, -0.2) is 0 Å².